The van der Waals surface area contributed by atoms with Crippen molar-refractivity contribution in [1.29, 1.82) is 0 Å². The second kappa shape index (κ2) is 9.53. The molecule has 0 radical (unpaired) electrons. The van der Waals surface area contributed by atoms with E-state index in [-0.39, 0.29) is 12.6 Å². The third-order valence-electron chi connectivity index (χ3n) is 4.37. The number of rotatable bonds is 7. The Morgan fingerprint density at radius 1 is 1.22 bits per heavy atom. The molecule has 0 saturated carbocycles. The van der Waals surface area contributed by atoms with Gasteiger partial charge in [0, 0.05) is 25.7 Å². The fourth-order valence-corrected chi connectivity index (χ4v) is 2.99. The lowest BCUT2D eigenvalue weighted by Gasteiger charge is -2.32. The van der Waals surface area contributed by atoms with Gasteiger partial charge in [-0.15, -0.1) is 0 Å². The molecule has 1 aliphatic heterocycles. The molecule has 2 amide bonds. The Morgan fingerprint density at radius 2 is 1.87 bits per heavy atom. The summed E-state index contributed by atoms with van der Waals surface area (Å²) in [5.41, 5.74) is 2.07. The zero-order chi connectivity index (χ0) is 16.5. The van der Waals surface area contributed by atoms with E-state index in [0.717, 1.165) is 50.0 Å². The van der Waals surface area contributed by atoms with Crippen LogP contribution in [-0.4, -0.2) is 48.3 Å². The van der Waals surface area contributed by atoms with Crippen LogP contribution in [0.15, 0.2) is 24.3 Å². The van der Waals surface area contributed by atoms with Crippen molar-refractivity contribution in [1.82, 2.24) is 15.5 Å². The van der Waals surface area contributed by atoms with E-state index < -0.39 is 0 Å². The van der Waals surface area contributed by atoms with Crippen LogP contribution in [0.25, 0.3) is 0 Å². The number of amides is 2. The van der Waals surface area contributed by atoms with Crippen molar-refractivity contribution in [2.75, 3.05) is 26.2 Å². The van der Waals surface area contributed by atoms with E-state index >= 15 is 0 Å². The Hall–Kier alpha value is -1.59. The highest BCUT2D eigenvalue weighted by atomic mass is 16.3. The maximum Gasteiger partial charge on any atom is 0.315 e. The summed E-state index contributed by atoms with van der Waals surface area (Å²) in [6, 6.07) is 8.06. The Kier molecular flexibility index (Phi) is 7.36. The lowest BCUT2D eigenvalue weighted by atomic mass is 10.1. The fourth-order valence-electron chi connectivity index (χ4n) is 2.99. The third kappa shape index (κ3) is 6.20. The normalized spacial score (nSPS) is 16.3. The Morgan fingerprint density at radius 3 is 2.48 bits per heavy atom. The van der Waals surface area contributed by atoms with Gasteiger partial charge in [-0.2, -0.15) is 0 Å². The lowest BCUT2D eigenvalue weighted by molar-refractivity contribution is 0.192. The number of hydrogen-bond donors (Lipinski definition) is 3. The minimum absolute atomic E-state index is 0.0640. The molecule has 1 aliphatic rings. The van der Waals surface area contributed by atoms with E-state index in [4.69, 9.17) is 5.11 Å². The molecule has 0 aromatic heterocycles. The van der Waals surface area contributed by atoms with E-state index in [2.05, 4.69) is 22.5 Å². The predicted octanol–water partition coefficient (Wildman–Crippen LogP) is 1.89. The molecule has 1 aromatic carbocycles. The van der Waals surface area contributed by atoms with E-state index in [1.807, 2.05) is 24.3 Å². The maximum atomic E-state index is 11.9. The molecule has 1 saturated heterocycles. The molecule has 0 bridgehead atoms. The summed E-state index contributed by atoms with van der Waals surface area (Å²) in [4.78, 5) is 14.4. The minimum Gasteiger partial charge on any atom is -0.392 e. The molecule has 1 heterocycles. The SMILES string of the molecule is CCCN1CCC(NC(=O)NCCc2ccc(CO)cc2)CC1. The van der Waals surface area contributed by atoms with Crippen LogP contribution in [0.5, 0.6) is 0 Å². The molecule has 2 rings (SSSR count). The molecular formula is C18H29N3O2. The van der Waals surface area contributed by atoms with Crippen molar-refractivity contribution < 1.29 is 9.90 Å². The summed E-state index contributed by atoms with van der Waals surface area (Å²) in [6.07, 6.45) is 4.07. The van der Waals surface area contributed by atoms with Crippen LogP contribution in [-0.2, 0) is 13.0 Å². The molecular weight excluding hydrogens is 290 g/mol. The molecule has 1 fully saturated rings. The molecule has 0 spiro atoms. The number of piperidine rings is 1. The van der Waals surface area contributed by atoms with Gasteiger partial charge in [-0.05, 0) is 43.4 Å². The highest BCUT2D eigenvalue weighted by Crippen LogP contribution is 2.10. The Bertz CT molecular complexity index is 468. The van der Waals surface area contributed by atoms with Gasteiger partial charge in [0.2, 0.25) is 0 Å². The zero-order valence-corrected chi connectivity index (χ0v) is 14.1. The molecule has 0 unspecified atom stereocenters. The van der Waals surface area contributed by atoms with Gasteiger partial charge in [-0.25, -0.2) is 4.79 Å². The first-order chi connectivity index (χ1) is 11.2. The van der Waals surface area contributed by atoms with Gasteiger partial charge in [-0.3, -0.25) is 0 Å². The van der Waals surface area contributed by atoms with Crippen LogP contribution >= 0.6 is 0 Å². The quantitative estimate of drug-likeness (QED) is 0.719. The van der Waals surface area contributed by atoms with E-state index in [0.29, 0.717) is 12.6 Å². The molecule has 5 heteroatoms. The standard InChI is InChI=1S/C18H29N3O2/c1-2-11-21-12-8-17(9-13-21)20-18(23)19-10-7-15-3-5-16(14-22)6-4-15/h3-6,17,22H,2,7-14H2,1H3,(H2,19,20,23). The van der Waals surface area contributed by atoms with Gasteiger partial charge in [0.15, 0.2) is 0 Å². The number of nitrogens with one attached hydrogen (secondary N) is 2. The lowest BCUT2D eigenvalue weighted by Crippen LogP contribution is -2.48. The van der Waals surface area contributed by atoms with E-state index in [1.165, 1.54) is 6.42 Å². The number of nitrogens with zero attached hydrogens (tertiary/aromatic N) is 1. The summed E-state index contributed by atoms with van der Waals surface area (Å²) in [5.74, 6) is 0. The summed E-state index contributed by atoms with van der Waals surface area (Å²) in [7, 11) is 0. The molecule has 5 nitrogen and oxygen atoms in total. The maximum absolute atomic E-state index is 11.9. The zero-order valence-electron chi connectivity index (χ0n) is 14.1. The van der Waals surface area contributed by atoms with Gasteiger partial charge in [0.05, 0.1) is 6.61 Å². The number of urea groups is 1. The second-order valence-corrected chi connectivity index (χ2v) is 6.24. The first-order valence-corrected chi connectivity index (χ1v) is 8.66. The monoisotopic (exact) mass is 319 g/mol. The topological polar surface area (TPSA) is 64.6 Å². The van der Waals surface area contributed by atoms with Crippen LogP contribution in [0, 0.1) is 0 Å². The first kappa shape index (κ1) is 17.8. The average Bonchev–Trinajstić information content (AvgIpc) is 2.57. The minimum atomic E-state index is -0.0640. The van der Waals surface area contributed by atoms with Crippen molar-refractivity contribution in [2.24, 2.45) is 0 Å². The first-order valence-electron chi connectivity index (χ1n) is 8.66. The van der Waals surface area contributed by atoms with Crippen molar-refractivity contribution >= 4 is 6.03 Å². The van der Waals surface area contributed by atoms with E-state index in [9.17, 15) is 4.79 Å². The van der Waals surface area contributed by atoms with Gasteiger partial charge < -0.3 is 20.6 Å². The number of hydrogen-bond acceptors (Lipinski definition) is 3. The van der Waals surface area contributed by atoms with Crippen molar-refractivity contribution in [2.45, 2.75) is 45.3 Å². The van der Waals surface area contributed by atoms with Gasteiger partial charge in [-0.1, -0.05) is 31.2 Å². The highest BCUT2D eigenvalue weighted by Gasteiger charge is 2.19. The Labute approximate surface area is 139 Å². The Balaban J connectivity index is 1.61. The molecule has 128 valence electrons. The number of carbonyl (C=O) groups excluding carboxylic acids is 1. The smallest absolute Gasteiger partial charge is 0.315 e. The van der Waals surface area contributed by atoms with Crippen molar-refractivity contribution in [3.8, 4) is 0 Å². The number of aliphatic hydroxyl groups is 1. The van der Waals surface area contributed by atoms with Crippen molar-refractivity contribution in [3.05, 3.63) is 35.4 Å². The molecule has 23 heavy (non-hydrogen) atoms. The van der Waals surface area contributed by atoms with Crippen LogP contribution < -0.4 is 10.6 Å². The molecule has 1 aromatic rings. The third-order valence-corrected chi connectivity index (χ3v) is 4.37. The van der Waals surface area contributed by atoms with Crippen LogP contribution in [0.2, 0.25) is 0 Å². The number of benzene rings is 1. The van der Waals surface area contributed by atoms with E-state index in [1.54, 1.807) is 0 Å². The molecule has 3 N–H and O–H groups in total. The number of likely N-dealkylation sites (tertiary alicyclic amines) is 1. The summed E-state index contributed by atoms with van der Waals surface area (Å²) in [6.45, 7) is 6.21. The van der Waals surface area contributed by atoms with Crippen LogP contribution in [0.1, 0.15) is 37.3 Å². The summed E-state index contributed by atoms with van der Waals surface area (Å²) < 4.78 is 0. The van der Waals surface area contributed by atoms with Crippen LogP contribution in [0.3, 0.4) is 0 Å². The van der Waals surface area contributed by atoms with Crippen LogP contribution in [0.4, 0.5) is 4.79 Å². The highest BCUT2D eigenvalue weighted by molar-refractivity contribution is 5.74. The summed E-state index contributed by atoms with van der Waals surface area (Å²) >= 11 is 0. The van der Waals surface area contributed by atoms with Gasteiger partial charge in [0.25, 0.3) is 0 Å². The summed E-state index contributed by atoms with van der Waals surface area (Å²) in [5, 5.41) is 15.0. The molecule has 0 atom stereocenters. The second-order valence-electron chi connectivity index (χ2n) is 6.24. The largest absolute Gasteiger partial charge is 0.392 e. The van der Waals surface area contributed by atoms with Crippen molar-refractivity contribution in [3.63, 3.8) is 0 Å². The molecule has 0 aliphatic carbocycles. The average molecular weight is 319 g/mol. The predicted molar refractivity (Wildman–Crippen MR) is 92.4 cm³/mol. The fraction of sp³-hybridized carbons (Fsp3) is 0.611. The number of aliphatic hydroxyl groups excluding tert-OH is 1. The van der Waals surface area contributed by atoms with Gasteiger partial charge >= 0.3 is 6.03 Å². The van der Waals surface area contributed by atoms with Gasteiger partial charge in [0.1, 0.15) is 0 Å². The number of carbonyl (C=O) groups is 1.